The number of nitrogens with one attached hydrogen (secondary N) is 3. The maximum atomic E-state index is 3.64. The van der Waals surface area contributed by atoms with Gasteiger partial charge in [-0.2, -0.15) is 0 Å². The highest BCUT2D eigenvalue weighted by Crippen LogP contribution is 2.22. The van der Waals surface area contributed by atoms with Crippen LogP contribution in [-0.2, 0) is 0 Å². The minimum Gasteiger partial charge on any atom is -0.385 e. The lowest BCUT2D eigenvalue weighted by Gasteiger charge is -2.14. The van der Waals surface area contributed by atoms with Crippen molar-refractivity contribution in [1.29, 1.82) is 0 Å². The predicted molar refractivity (Wildman–Crippen MR) is 143 cm³/mol. The summed E-state index contributed by atoms with van der Waals surface area (Å²) in [5.41, 5.74) is 10.8. The Morgan fingerprint density at radius 3 is 1.12 bits per heavy atom. The second-order valence-corrected chi connectivity index (χ2v) is 9.63. The van der Waals surface area contributed by atoms with Crippen LogP contribution in [0.5, 0.6) is 0 Å². The molecule has 0 aromatic heterocycles. The lowest BCUT2D eigenvalue weighted by molar-refractivity contribution is 0.567. The lowest BCUT2D eigenvalue weighted by Crippen LogP contribution is -2.17. The minimum absolute atomic E-state index is 1.07. The summed E-state index contributed by atoms with van der Waals surface area (Å²) in [4.78, 5) is 0. The van der Waals surface area contributed by atoms with Gasteiger partial charge >= 0.3 is 0 Å². The summed E-state index contributed by atoms with van der Waals surface area (Å²) >= 11 is 0. The summed E-state index contributed by atoms with van der Waals surface area (Å²) < 4.78 is 0. The Bertz CT molecular complexity index is 710. The smallest absolute Gasteiger partial charge is 0.0399 e. The Morgan fingerprint density at radius 2 is 0.750 bits per heavy atom. The van der Waals surface area contributed by atoms with E-state index in [1.807, 2.05) is 0 Å². The molecule has 3 nitrogen and oxygen atoms in total. The summed E-state index contributed by atoms with van der Waals surface area (Å²) in [6.45, 7) is 17.6. The second kappa shape index (κ2) is 14.2. The van der Waals surface area contributed by atoms with Crippen molar-refractivity contribution < 1.29 is 0 Å². The van der Waals surface area contributed by atoms with E-state index in [0.717, 1.165) is 26.2 Å². The molecular weight excluding hydrogens is 390 g/mol. The summed E-state index contributed by atoms with van der Waals surface area (Å²) in [7, 11) is 0. The first-order chi connectivity index (χ1) is 15.4. The van der Waals surface area contributed by atoms with Crippen molar-refractivity contribution in [2.45, 2.75) is 86.5 Å². The maximum absolute atomic E-state index is 3.64. The number of benzene rings is 2. The first-order valence-electron chi connectivity index (χ1n) is 12.7. The highest BCUT2D eigenvalue weighted by atomic mass is 14.9. The van der Waals surface area contributed by atoms with Gasteiger partial charge in [0.1, 0.15) is 0 Å². The third kappa shape index (κ3) is 9.24. The quantitative estimate of drug-likeness (QED) is 0.254. The molecule has 0 bridgehead atoms. The molecule has 2 aromatic rings. The molecule has 0 heterocycles. The van der Waals surface area contributed by atoms with E-state index in [2.05, 4.69) is 81.8 Å². The summed E-state index contributed by atoms with van der Waals surface area (Å²) in [5, 5.41) is 10.9. The predicted octanol–water partition coefficient (Wildman–Crippen LogP) is 7.38. The summed E-state index contributed by atoms with van der Waals surface area (Å²) in [6, 6.07) is 9.07. The van der Waals surface area contributed by atoms with Gasteiger partial charge < -0.3 is 16.0 Å². The fourth-order valence-electron chi connectivity index (χ4n) is 4.75. The van der Waals surface area contributed by atoms with Gasteiger partial charge in [-0.3, -0.25) is 0 Å². The number of unbranched alkanes of at least 4 members (excludes halogenated alkanes) is 5. The van der Waals surface area contributed by atoms with Gasteiger partial charge in [0.25, 0.3) is 0 Å². The first-order valence-corrected chi connectivity index (χ1v) is 12.7. The molecular formula is C29H47N3. The van der Waals surface area contributed by atoms with Crippen molar-refractivity contribution in [2.75, 3.05) is 36.8 Å². The van der Waals surface area contributed by atoms with E-state index in [1.165, 1.54) is 89.7 Å². The van der Waals surface area contributed by atoms with Crippen molar-refractivity contribution in [3.05, 3.63) is 57.6 Å². The van der Waals surface area contributed by atoms with E-state index in [-0.39, 0.29) is 0 Å². The fourth-order valence-corrected chi connectivity index (χ4v) is 4.75. The topological polar surface area (TPSA) is 36.1 Å². The monoisotopic (exact) mass is 437 g/mol. The molecule has 0 aliphatic carbocycles. The third-order valence-electron chi connectivity index (χ3n) is 6.27. The molecule has 0 saturated heterocycles. The summed E-state index contributed by atoms with van der Waals surface area (Å²) in [6.07, 6.45) is 8.96. The third-order valence-corrected chi connectivity index (χ3v) is 6.27. The number of aryl methyl sites for hydroxylation is 6. The first kappa shape index (κ1) is 26.3. The zero-order chi connectivity index (χ0) is 23.3. The van der Waals surface area contributed by atoms with Crippen LogP contribution >= 0.6 is 0 Å². The zero-order valence-electron chi connectivity index (χ0n) is 21.6. The van der Waals surface area contributed by atoms with Crippen molar-refractivity contribution in [1.82, 2.24) is 5.32 Å². The van der Waals surface area contributed by atoms with Gasteiger partial charge in [0.2, 0.25) is 0 Å². The largest absolute Gasteiger partial charge is 0.385 e. The fraction of sp³-hybridized carbons (Fsp3) is 0.586. The molecule has 2 rings (SSSR count). The zero-order valence-corrected chi connectivity index (χ0v) is 21.6. The molecule has 3 heteroatoms. The van der Waals surface area contributed by atoms with E-state index in [9.17, 15) is 0 Å². The Labute approximate surface area is 197 Å². The normalized spacial score (nSPS) is 11.1. The van der Waals surface area contributed by atoms with Gasteiger partial charge in [0.05, 0.1) is 0 Å². The minimum atomic E-state index is 1.07. The average molecular weight is 438 g/mol. The van der Waals surface area contributed by atoms with Gasteiger partial charge in [0, 0.05) is 24.5 Å². The maximum Gasteiger partial charge on any atom is 0.0399 e. The SMILES string of the molecule is Cc1cc(C)c(NCCCCCCNCCCCCNc2c(C)cc(C)cc2C)c(C)c1. The van der Waals surface area contributed by atoms with Crippen LogP contribution in [-0.4, -0.2) is 26.2 Å². The van der Waals surface area contributed by atoms with Crippen molar-refractivity contribution >= 4 is 11.4 Å². The molecule has 0 fully saturated rings. The Morgan fingerprint density at radius 1 is 0.438 bits per heavy atom. The van der Waals surface area contributed by atoms with E-state index >= 15 is 0 Å². The van der Waals surface area contributed by atoms with Gasteiger partial charge in [-0.1, -0.05) is 54.7 Å². The number of hydrogen-bond donors (Lipinski definition) is 3. The van der Waals surface area contributed by atoms with Crippen LogP contribution in [0.25, 0.3) is 0 Å². The van der Waals surface area contributed by atoms with Gasteiger partial charge in [0.15, 0.2) is 0 Å². The van der Waals surface area contributed by atoms with Crippen LogP contribution in [0, 0.1) is 41.5 Å². The Balaban J connectivity index is 1.41. The number of rotatable bonds is 15. The highest BCUT2D eigenvalue weighted by molar-refractivity contribution is 5.58. The van der Waals surface area contributed by atoms with Crippen LogP contribution in [0.3, 0.4) is 0 Å². The van der Waals surface area contributed by atoms with Crippen LogP contribution < -0.4 is 16.0 Å². The Kier molecular flexibility index (Phi) is 11.7. The molecule has 0 aliphatic rings. The Hall–Kier alpha value is -2.00. The molecule has 0 saturated carbocycles. The molecule has 0 amide bonds. The van der Waals surface area contributed by atoms with E-state index in [0.29, 0.717) is 0 Å². The van der Waals surface area contributed by atoms with Crippen LogP contribution in [0.4, 0.5) is 11.4 Å². The van der Waals surface area contributed by atoms with Gasteiger partial charge in [-0.05, 0) is 103 Å². The molecule has 0 atom stereocenters. The molecule has 2 aromatic carbocycles. The van der Waals surface area contributed by atoms with Gasteiger partial charge in [-0.25, -0.2) is 0 Å². The van der Waals surface area contributed by atoms with Crippen LogP contribution in [0.2, 0.25) is 0 Å². The molecule has 32 heavy (non-hydrogen) atoms. The van der Waals surface area contributed by atoms with E-state index in [1.54, 1.807) is 0 Å². The van der Waals surface area contributed by atoms with Gasteiger partial charge in [-0.15, -0.1) is 0 Å². The summed E-state index contributed by atoms with van der Waals surface area (Å²) in [5.74, 6) is 0. The number of anilines is 2. The molecule has 178 valence electrons. The molecule has 0 radical (unpaired) electrons. The van der Waals surface area contributed by atoms with E-state index in [4.69, 9.17) is 0 Å². The standard InChI is InChI=1S/C29H47N3/c1-22-18-24(3)28(25(4)19-22)31-16-12-8-7-10-14-30-15-11-9-13-17-32-29-26(5)20-23(2)21-27(29)6/h18-21,30-32H,7-17H2,1-6H3. The van der Waals surface area contributed by atoms with Crippen molar-refractivity contribution in [3.8, 4) is 0 Å². The van der Waals surface area contributed by atoms with Crippen LogP contribution in [0.15, 0.2) is 24.3 Å². The molecule has 0 spiro atoms. The van der Waals surface area contributed by atoms with Crippen molar-refractivity contribution in [3.63, 3.8) is 0 Å². The highest BCUT2D eigenvalue weighted by Gasteiger charge is 2.04. The molecule has 0 aliphatic heterocycles. The lowest BCUT2D eigenvalue weighted by atomic mass is 10.0. The van der Waals surface area contributed by atoms with E-state index < -0.39 is 0 Å². The molecule has 3 N–H and O–H groups in total. The van der Waals surface area contributed by atoms with Crippen molar-refractivity contribution in [2.24, 2.45) is 0 Å². The molecule has 0 unspecified atom stereocenters. The second-order valence-electron chi connectivity index (χ2n) is 9.63. The van der Waals surface area contributed by atoms with Crippen LogP contribution in [0.1, 0.15) is 78.3 Å². The average Bonchev–Trinajstić information content (AvgIpc) is 2.71. The number of hydrogen-bond acceptors (Lipinski definition) is 3.